The maximum atomic E-state index is 12.7. The van der Waals surface area contributed by atoms with Gasteiger partial charge in [-0.2, -0.15) is 0 Å². The van der Waals surface area contributed by atoms with Crippen LogP contribution in [0.4, 0.5) is 0 Å². The van der Waals surface area contributed by atoms with Gasteiger partial charge in [-0.3, -0.25) is 14.4 Å². The molecule has 3 heterocycles. The van der Waals surface area contributed by atoms with Gasteiger partial charge < -0.3 is 4.74 Å². The van der Waals surface area contributed by atoms with E-state index in [1.807, 2.05) is 56.5 Å². The van der Waals surface area contributed by atoms with E-state index in [1.54, 1.807) is 11.3 Å². The van der Waals surface area contributed by atoms with Crippen molar-refractivity contribution in [1.82, 2.24) is 14.8 Å². The van der Waals surface area contributed by atoms with Crippen molar-refractivity contribution in [2.75, 3.05) is 0 Å². The Balaban J connectivity index is 1.91. The molecule has 1 aromatic carbocycles. The summed E-state index contributed by atoms with van der Waals surface area (Å²) in [7, 11) is 0. The highest BCUT2D eigenvalue weighted by Crippen LogP contribution is 2.39. The molecule has 1 aliphatic heterocycles. The first-order valence-electron chi connectivity index (χ1n) is 10.1. The third-order valence-corrected chi connectivity index (χ3v) is 6.86. The third-order valence-electron chi connectivity index (χ3n) is 5.14. The average molecular weight is 501 g/mol. The highest BCUT2D eigenvalue weighted by atomic mass is 79.9. The summed E-state index contributed by atoms with van der Waals surface area (Å²) in [6.45, 7) is 11.8. The van der Waals surface area contributed by atoms with E-state index in [0.717, 1.165) is 32.1 Å². The van der Waals surface area contributed by atoms with Crippen molar-refractivity contribution in [2.45, 2.75) is 59.6 Å². The summed E-state index contributed by atoms with van der Waals surface area (Å²) in [5.41, 5.74) is 3.55. The summed E-state index contributed by atoms with van der Waals surface area (Å²) in [5, 5.41) is 9.78. The molecular weight excluding hydrogens is 476 g/mol. The second kappa shape index (κ2) is 7.98. The number of hydrogen-bond donors (Lipinski definition) is 0. The Morgan fingerprint density at radius 1 is 1.16 bits per heavy atom. The van der Waals surface area contributed by atoms with Gasteiger partial charge in [0, 0.05) is 20.5 Å². The van der Waals surface area contributed by atoms with Gasteiger partial charge in [-0.1, -0.05) is 28.1 Å². The zero-order valence-electron chi connectivity index (χ0n) is 18.5. The van der Waals surface area contributed by atoms with Gasteiger partial charge >= 0.3 is 5.97 Å². The Labute approximate surface area is 194 Å². The van der Waals surface area contributed by atoms with E-state index >= 15 is 0 Å². The van der Waals surface area contributed by atoms with Crippen LogP contribution in [-0.2, 0) is 9.53 Å². The lowest BCUT2D eigenvalue weighted by Crippen LogP contribution is -2.25. The summed E-state index contributed by atoms with van der Waals surface area (Å²) >= 11 is 5.21. The molecule has 0 N–H and O–H groups in total. The first-order valence-corrected chi connectivity index (χ1v) is 11.7. The Hall–Kier alpha value is -2.32. The third kappa shape index (κ3) is 4.23. The molecule has 0 fully saturated rings. The van der Waals surface area contributed by atoms with Crippen LogP contribution in [-0.4, -0.2) is 32.0 Å². The molecular formula is C23H25BrN4O2S. The van der Waals surface area contributed by atoms with Crippen molar-refractivity contribution in [1.29, 1.82) is 0 Å². The minimum atomic E-state index is -0.560. The lowest BCUT2D eigenvalue weighted by atomic mass is 9.99. The van der Waals surface area contributed by atoms with Crippen molar-refractivity contribution in [3.63, 3.8) is 0 Å². The lowest BCUT2D eigenvalue weighted by molar-refractivity contribution is -0.155. The fourth-order valence-electron chi connectivity index (χ4n) is 3.67. The summed E-state index contributed by atoms with van der Waals surface area (Å²) < 4.78 is 8.64. The quantitative estimate of drug-likeness (QED) is 0.436. The first-order chi connectivity index (χ1) is 14.5. The monoisotopic (exact) mass is 500 g/mol. The number of aromatic nitrogens is 3. The normalized spacial score (nSPS) is 15.7. The van der Waals surface area contributed by atoms with Crippen molar-refractivity contribution >= 4 is 38.9 Å². The van der Waals surface area contributed by atoms with Crippen molar-refractivity contribution < 1.29 is 9.53 Å². The second-order valence-corrected chi connectivity index (χ2v) is 10.8. The van der Waals surface area contributed by atoms with Crippen molar-refractivity contribution in [3.8, 4) is 5.00 Å². The predicted molar refractivity (Wildman–Crippen MR) is 126 cm³/mol. The molecule has 8 heteroatoms. The number of rotatable bonds is 3. The Morgan fingerprint density at radius 3 is 2.48 bits per heavy atom. The fourth-order valence-corrected chi connectivity index (χ4v) is 5.15. The van der Waals surface area contributed by atoms with Gasteiger partial charge in [0.15, 0.2) is 5.82 Å². The number of hydrogen-bond acceptors (Lipinski definition) is 6. The summed E-state index contributed by atoms with van der Waals surface area (Å²) in [6.07, 6.45) is 0.0996. The molecule has 1 atom stereocenters. The van der Waals surface area contributed by atoms with Crippen LogP contribution in [0.2, 0.25) is 0 Å². The molecule has 1 unspecified atom stereocenters. The fraction of sp³-hybridized carbons (Fsp3) is 0.391. The summed E-state index contributed by atoms with van der Waals surface area (Å²) in [5.74, 6) is 1.14. The van der Waals surface area contributed by atoms with Crippen LogP contribution in [0, 0.1) is 20.8 Å². The maximum absolute atomic E-state index is 12.7. The van der Waals surface area contributed by atoms with E-state index in [2.05, 4.69) is 40.0 Å². The molecule has 3 aromatic rings. The molecule has 162 valence electrons. The molecule has 2 aromatic heterocycles. The lowest BCUT2D eigenvalue weighted by Gasteiger charge is -2.21. The highest BCUT2D eigenvalue weighted by molar-refractivity contribution is 9.10. The van der Waals surface area contributed by atoms with Crippen LogP contribution in [0.25, 0.3) is 5.00 Å². The first kappa shape index (κ1) is 21.9. The number of aryl methyl sites for hydroxylation is 2. The Morgan fingerprint density at radius 2 is 1.84 bits per heavy atom. The number of esters is 1. The van der Waals surface area contributed by atoms with E-state index in [0.29, 0.717) is 5.82 Å². The number of ether oxygens (including phenoxy) is 1. The second-order valence-electron chi connectivity index (χ2n) is 8.70. The van der Waals surface area contributed by atoms with Gasteiger partial charge in [-0.15, -0.1) is 21.5 Å². The van der Waals surface area contributed by atoms with E-state index in [1.165, 1.54) is 10.4 Å². The van der Waals surface area contributed by atoms with Gasteiger partial charge in [0.25, 0.3) is 0 Å². The minimum absolute atomic E-state index is 0.0996. The van der Waals surface area contributed by atoms with Gasteiger partial charge in [0.2, 0.25) is 0 Å². The molecule has 0 radical (unpaired) electrons. The van der Waals surface area contributed by atoms with Gasteiger partial charge in [-0.05, 0) is 59.2 Å². The van der Waals surface area contributed by atoms with Crippen LogP contribution in [0.1, 0.15) is 66.5 Å². The molecule has 0 saturated heterocycles. The van der Waals surface area contributed by atoms with E-state index in [-0.39, 0.29) is 12.4 Å². The van der Waals surface area contributed by atoms with E-state index in [4.69, 9.17) is 9.73 Å². The molecule has 4 rings (SSSR count). The number of nitrogens with zero attached hydrogens (tertiary/aromatic N) is 4. The smallest absolute Gasteiger partial charge is 0.308 e. The number of thiophene rings is 1. The standard InChI is InChI=1S/C23H25BrN4O2S/c1-12-13(2)31-22-19(12)20(15-7-9-16(24)10-8-15)25-17(11-18(29)30-23(4,5)6)21-27-26-14(3)28(21)22/h7-10,17H,11H2,1-6H3. The molecule has 6 nitrogen and oxygen atoms in total. The largest absolute Gasteiger partial charge is 0.460 e. The number of halogens is 1. The van der Waals surface area contributed by atoms with Crippen molar-refractivity contribution in [2.24, 2.45) is 4.99 Å². The van der Waals surface area contributed by atoms with E-state index < -0.39 is 11.6 Å². The summed E-state index contributed by atoms with van der Waals surface area (Å²) in [4.78, 5) is 19.0. The van der Waals surface area contributed by atoms with Gasteiger partial charge in [-0.25, -0.2) is 0 Å². The van der Waals surface area contributed by atoms with Crippen LogP contribution >= 0.6 is 27.3 Å². The average Bonchev–Trinajstić information content (AvgIpc) is 3.14. The Kier molecular flexibility index (Phi) is 5.64. The number of aliphatic imine (C=N–C) groups is 1. The predicted octanol–water partition coefficient (Wildman–Crippen LogP) is 5.64. The Bertz CT molecular complexity index is 1190. The molecule has 0 amide bonds. The number of carbonyl (C=O) groups is 1. The van der Waals surface area contributed by atoms with Gasteiger partial charge in [0.05, 0.1) is 12.1 Å². The molecule has 31 heavy (non-hydrogen) atoms. The number of fused-ring (bicyclic) bond motifs is 3. The SMILES string of the molecule is Cc1sc2c(c1C)C(c1ccc(Br)cc1)=NC(CC(=O)OC(C)(C)C)c1nnc(C)n1-2. The van der Waals surface area contributed by atoms with Gasteiger partial charge in [0.1, 0.15) is 22.5 Å². The number of carbonyl (C=O) groups excluding carboxylic acids is 1. The highest BCUT2D eigenvalue weighted by Gasteiger charge is 2.33. The minimum Gasteiger partial charge on any atom is -0.460 e. The van der Waals surface area contributed by atoms with Crippen LogP contribution in [0.3, 0.4) is 0 Å². The van der Waals surface area contributed by atoms with Crippen LogP contribution in [0.15, 0.2) is 33.7 Å². The van der Waals surface area contributed by atoms with Crippen LogP contribution < -0.4 is 0 Å². The van der Waals surface area contributed by atoms with Crippen LogP contribution in [0.5, 0.6) is 0 Å². The molecule has 1 aliphatic rings. The topological polar surface area (TPSA) is 69.4 Å². The van der Waals surface area contributed by atoms with E-state index in [9.17, 15) is 4.79 Å². The molecule has 0 saturated carbocycles. The molecule has 0 spiro atoms. The summed E-state index contributed by atoms with van der Waals surface area (Å²) in [6, 6.07) is 7.61. The molecule has 0 bridgehead atoms. The zero-order chi connectivity index (χ0) is 22.5. The van der Waals surface area contributed by atoms with Crippen molar-refractivity contribution in [3.05, 3.63) is 62.0 Å². The molecule has 0 aliphatic carbocycles. The zero-order valence-corrected chi connectivity index (χ0v) is 20.9. The maximum Gasteiger partial charge on any atom is 0.308 e. The number of benzene rings is 1.